The van der Waals surface area contributed by atoms with Crippen molar-refractivity contribution in [3.05, 3.63) is 33.2 Å². The Morgan fingerprint density at radius 1 is 1.35 bits per heavy atom. The number of hydrogen-bond donors (Lipinski definition) is 0. The molecule has 1 aliphatic heterocycles. The highest BCUT2D eigenvalue weighted by atomic mass is 35.5. The average Bonchev–Trinajstić information content (AvgIpc) is 2.65. The van der Waals surface area contributed by atoms with Crippen molar-refractivity contribution in [1.82, 2.24) is 9.80 Å². The number of halogens is 1. The Kier molecular flexibility index (Phi) is 3.48. The molecule has 3 rings (SSSR count). The third kappa shape index (κ3) is 2.12. The zero-order valence-corrected chi connectivity index (χ0v) is 13.4. The Labute approximate surface area is 127 Å². The standard InChI is InChI=1S/C15H17ClN2OS/c1-17(2)15(19)14-10-8-18(3)7-6-9-11(16)4-5-12(20-14)13(9)10/h4-5H,6-8H2,1-3H3. The van der Waals surface area contributed by atoms with Gasteiger partial charge in [-0.2, -0.15) is 0 Å². The second-order valence-corrected chi connectivity index (χ2v) is 6.96. The summed E-state index contributed by atoms with van der Waals surface area (Å²) in [5.74, 6) is 0.0820. The Balaban J connectivity index is 2.31. The maximum absolute atomic E-state index is 12.4. The summed E-state index contributed by atoms with van der Waals surface area (Å²) in [6, 6.07) is 3.99. The summed E-state index contributed by atoms with van der Waals surface area (Å²) in [4.78, 5) is 17.2. The lowest BCUT2D eigenvalue weighted by Gasteiger charge is -2.15. The monoisotopic (exact) mass is 308 g/mol. The number of nitrogens with zero attached hydrogens (tertiary/aromatic N) is 2. The van der Waals surface area contributed by atoms with Crippen LogP contribution in [0, 0.1) is 0 Å². The van der Waals surface area contributed by atoms with E-state index in [4.69, 9.17) is 11.6 Å². The summed E-state index contributed by atoms with van der Waals surface area (Å²) in [6.45, 7) is 1.77. The zero-order valence-electron chi connectivity index (χ0n) is 11.9. The van der Waals surface area contributed by atoms with E-state index in [9.17, 15) is 4.79 Å². The van der Waals surface area contributed by atoms with Crippen molar-refractivity contribution in [2.24, 2.45) is 0 Å². The normalized spacial score (nSPS) is 15.4. The molecule has 2 aromatic rings. The Morgan fingerprint density at radius 2 is 2.10 bits per heavy atom. The highest BCUT2D eigenvalue weighted by molar-refractivity contribution is 7.21. The van der Waals surface area contributed by atoms with Crippen LogP contribution in [0.3, 0.4) is 0 Å². The summed E-state index contributed by atoms with van der Waals surface area (Å²) in [7, 11) is 5.69. The molecule has 0 saturated heterocycles. The largest absolute Gasteiger partial charge is 0.344 e. The smallest absolute Gasteiger partial charge is 0.263 e. The molecule has 3 nitrogen and oxygen atoms in total. The molecule has 0 atom stereocenters. The summed E-state index contributed by atoms with van der Waals surface area (Å²) < 4.78 is 1.17. The van der Waals surface area contributed by atoms with Crippen molar-refractivity contribution in [3.8, 4) is 0 Å². The van der Waals surface area contributed by atoms with E-state index in [0.717, 1.165) is 35.0 Å². The van der Waals surface area contributed by atoms with Gasteiger partial charge < -0.3 is 9.80 Å². The number of amides is 1. The maximum Gasteiger partial charge on any atom is 0.263 e. The highest BCUT2D eigenvalue weighted by Gasteiger charge is 2.25. The second-order valence-electron chi connectivity index (χ2n) is 5.50. The van der Waals surface area contributed by atoms with Gasteiger partial charge in [0.15, 0.2) is 0 Å². The van der Waals surface area contributed by atoms with E-state index in [1.807, 2.05) is 12.1 Å². The number of carbonyl (C=O) groups excluding carboxylic acids is 1. The molecule has 0 spiro atoms. The number of benzene rings is 1. The molecule has 0 saturated carbocycles. The third-order valence-corrected chi connectivity index (χ3v) is 5.32. The molecule has 0 fully saturated rings. The van der Waals surface area contributed by atoms with Crippen molar-refractivity contribution in [2.75, 3.05) is 27.7 Å². The van der Waals surface area contributed by atoms with Crippen molar-refractivity contribution >= 4 is 38.9 Å². The molecule has 20 heavy (non-hydrogen) atoms. The van der Waals surface area contributed by atoms with E-state index < -0.39 is 0 Å². The molecular formula is C15H17ClN2OS. The number of hydrogen-bond acceptors (Lipinski definition) is 3. The molecule has 1 aliphatic rings. The van der Waals surface area contributed by atoms with Crippen molar-refractivity contribution < 1.29 is 4.79 Å². The topological polar surface area (TPSA) is 23.6 Å². The summed E-state index contributed by atoms with van der Waals surface area (Å²) in [5.41, 5.74) is 2.33. The summed E-state index contributed by atoms with van der Waals surface area (Å²) >= 11 is 7.95. The molecule has 0 N–H and O–H groups in total. The Hall–Kier alpha value is -1.10. The predicted octanol–water partition coefficient (Wildman–Crippen LogP) is 3.24. The molecule has 0 bridgehead atoms. The lowest BCUT2D eigenvalue weighted by molar-refractivity contribution is 0.0830. The molecule has 0 radical (unpaired) electrons. The quantitative estimate of drug-likeness (QED) is 0.807. The number of carbonyl (C=O) groups is 1. The van der Waals surface area contributed by atoms with Crippen molar-refractivity contribution in [3.63, 3.8) is 0 Å². The molecule has 2 heterocycles. The van der Waals surface area contributed by atoms with Gasteiger partial charge in [0.1, 0.15) is 0 Å². The highest BCUT2D eigenvalue weighted by Crippen LogP contribution is 2.39. The Bertz CT molecular complexity index is 693. The van der Waals surface area contributed by atoms with Gasteiger partial charge in [-0.1, -0.05) is 11.6 Å². The summed E-state index contributed by atoms with van der Waals surface area (Å²) in [6.07, 6.45) is 0.937. The first-order valence-electron chi connectivity index (χ1n) is 6.62. The van der Waals surface area contributed by atoms with Crippen LogP contribution >= 0.6 is 22.9 Å². The minimum Gasteiger partial charge on any atom is -0.344 e. The van der Waals surface area contributed by atoms with E-state index in [-0.39, 0.29) is 5.91 Å². The van der Waals surface area contributed by atoms with Gasteiger partial charge in [0.05, 0.1) is 4.88 Å². The van der Waals surface area contributed by atoms with Gasteiger partial charge in [-0.3, -0.25) is 4.79 Å². The molecule has 1 amide bonds. The van der Waals surface area contributed by atoms with Crippen LogP contribution in [-0.4, -0.2) is 43.4 Å². The van der Waals surface area contributed by atoms with Crippen molar-refractivity contribution in [1.29, 1.82) is 0 Å². The van der Waals surface area contributed by atoms with Crippen molar-refractivity contribution in [2.45, 2.75) is 13.0 Å². The number of likely N-dealkylation sites (N-methyl/N-ethyl adjacent to an activating group) is 1. The molecule has 1 aromatic heterocycles. The van der Waals surface area contributed by atoms with Crippen LogP contribution in [0.4, 0.5) is 0 Å². The van der Waals surface area contributed by atoms with Crippen LogP contribution in [0.15, 0.2) is 12.1 Å². The molecule has 0 unspecified atom stereocenters. The fraction of sp³-hybridized carbons (Fsp3) is 0.400. The van der Waals surface area contributed by atoms with E-state index in [1.54, 1.807) is 30.3 Å². The number of thiophene rings is 1. The van der Waals surface area contributed by atoms with Gasteiger partial charge in [-0.05, 0) is 36.7 Å². The zero-order chi connectivity index (χ0) is 14.4. The first kappa shape index (κ1) is 13.9. The minimum atomic E-state index is 0.0820. The molecule has 1 aromatic carbocycles. The maximum atomic E-state index is 12.4. The Morgan fingerprint density at radius 3 is 2.80 bits per heavy atom. The average molecular weight is 309 g/mol. The van der Waals surface area contributed by atoms with E-state index >= 15 is 0 Å². The molecule has 5 heteroatoms. The number of rotatable bonds is 1. The SMILES string of the molecule is CN1CCc2c(Cl)ccc3sc(C(=O)N(C)C)c(c23)C1. The minimum absolute atomic E-state index is 0.0820. The van der Waals surface area contributed by atoms with Crippen LogP contribution in [-0.2, 0) is 13.0 Å². The van der Waals surface area contributed by atoms with Crippen LogP contribution < -0.4 is 0 Å². The van der Waals surface area contributed by atoms with E-state index in [2.05, 4.69) is 11.9 Å². The van der Waals surface area contributed by atoms with Crippen LogP contribution in [0.25, 0.3) is 10.1 Å². The molecular weight excluding hydrogens is 292 g/mol. The van der Waals surface area contributed by atoms with Gasteiger partial charge in [-0.15, -0.1) is 11.3 Å². The third-order valence-electron chi connectivity index (χ3n) is 3.78. The van der Waals surface area contributed by atoms with E-state index in [0.29, 0.717) is 0 Å². The molecule has 106 valence electrons. The van der Waals surface area contributed by atoms with Crippen LogP contribution in [0.2, 0.25) is 5.02 Å². The van der Waals surface area contributed by atoms with Gasteiger partial charge in [0.25, 0.3) is 5.91 Å². The fourth-order valence-corrected chi connectivity index (χ4v) is 4.24. The lowest BCUT2D eigenvalue weighted by atomic mass is 10.0. The van der Waals surface area contributed by atoms with Gasteiger partial charge in [-0.25, -0.2) is 0 Å². The van der Waals surface area contributed by atoms with Crippen LogP contribution in [0.5, 0.6) is 0 Å². The first-order chi connectivity index (χ1) is 9.49. The van der Waals surface area contributed by atoms with Gasteiger partial charge in [0.2, 0.25) is 0 Å². The van der Waals surface area contributed by atoms with Gasteiger partial charge in [0, 0.05) is 42.3 Å². The summed E-state index contributed by atoms with van der Waals surface area (Å²) in [5, 5.41) is 2.02. The van der Waals surface area contributed by atoms with E-state index in [1.165, 1.54) is 15.6 Å². The van der Waals surface area contributed by atoms with Crippen LogP contribution in [0.1, 0.15) is 20.8 Å². The predicted molar refractivity (Wildman–Crippen MR) is 84.9 cm³/mol. The molecule has 0 aliphatic carbocycles. The lowest BCUT2D eigenvalue weighted by Crippen LogP contribution is -2.24. The fourth-order valence-electron chi connectivity index (χ4n) is 2.72. The first-order valence-corrected chi connectivity index (χ1v) is 7.81. The van der Waals surface area contributed by atoms with Gasteiger partial charge >= 0.3 is 0 Å². The second kappa shape index (κ2) is 5.02.